The van der Waals surface area contributed by atoms with Gasteiger partial charge in [-0.1, -0.05) is 6.92 Å². The summed E-state index contributed by atoms with van der Waals surface area (Å²) in [5.41, 5.74) is 0.218. The minimum atomic E-state index is -0.489. The molecule has 1 aromatic rings. The molecule has 2 rings (SSSR count). The van der Waals surface area contributed by atoms with Gasteiger partial charge in [0.25, 0.3) is 0 Å². The summed E-state index contributed by atoms with van der Waals surface area (Å²) in [4.78, 5) is 14.0. The first-order valence-electron chi connectivity index (χ1n) is 8.31. The van der Waals surface area contributed by atoms with Crippen LogP contribution >= 0.6 is 0 Å². The highest BCUT2D eigenvalue weighted by Crippen LogP contribution is 2.28. The standard InChI is InChI=1S/C18H26F2N2O/c1-12(14-6-8-21-9-7-14)10-18(23)22(3)13(2)16-11-15(19)4-5-17(16)20/h4-5,11-14,21H,6-10H2,1-3H3. The lowest BCUT2D eigenvalue weighted by molar-refractivity contribution is -0.133. The molecule has 1 aliphatic rings. The van der Waals surface area contributed by atoms with Gasteiger partial charge in [0.1, 0.15) is 11.6 Å². The Morgan fingerprint density at radius 2 is 1.96 bits per heavy atom. The van der Waals surface area contributed by atoms with Crippen LogP contribution in [0.15, 0.2) is 18.2 Å². The Bertz CT molecular complexity index is 544. The molecule has 2 atom stereocenters. The van der Waals surface area contributed by atoms with Crippen molar-refractivity contribution in [1.29, 1.82) is 0 Å². The summed E-state index contributed by atoms with van der Waals surface area (Å²) in [7, 11) is 1.66. The largest absolute Gasteiger partial charge is 0.339 e. The van der Waals surface area contributed by atoms with Gasteiger partial charge in [-0.05, 0) is 62.9 Å². The number of piperidine rings is 1. The first-order chi connectivity index (χ1) is 10.9. The first kappa shape index (κ1) is 17.9. The minimum absolute atomic E-state index is 0.0211. The fraction of sp³-hybridized carbons (Fsp3) is 0.611. The van der Waals surface area contributed by atoms with E-state index >= 15 is 0 Å². The highest BCUT2D eigenvalue weighted by atomic mass is 19.1. The van der Waals surface area contributed by atoms with E-state index in [1.807, 2.05) is 0 Å². The molecule has 2 unspecified atom stereocenters. The molecular formula is C18H26F2N2O. The number of carbonyl (C=O) groups excluding carboxylic acids is 1. The number of carbonyl (C=O) groups is 1. The van der Waals surface area contributed by atoms with Crippen LogP contribution in [-0.4, -0.2) is 30.9 Å². The zero-order valence-electron chi connectivity index (χ0n) is 14.1. The first-order valence-corrected chi connectivity index (χ1v) is 8.31. The highest BCUT2D eigenvalue weighted by molar-refractivity contribution is 5.76. The van der Waals surface area contributed by atoms with Crippen molar-refractivity contribution in [3.8, 4) is 0 Å². The molecule has 0 bridgehead atoms. The maximum atomic E-state index is 13.9. The van der Waals surface area contributed by atoms with Gasteiger partial charge in [0.05, 0.1) is 6.04 Å². The fourth-order valence-corrected chi connectivity index (χ4v) is 3.26. The average molecular weight is 324 g/mol. The van der Waals surface area contributed by atoms with Gasteiger partial charge in [0, 0.05) is 19.0 Å². The average Bonchev–Trinajstić information content (AvgIpc) is 2.56. The Hall–Kier alpha value is -1.49. The number of rotatable bonds is 5. The van der Waals surface area contributed by atoms with Crippen LogP contribution in [0.3, 0.4) is 0 Å². The summed E-state index contributed by atoms with van der Waals surface area (Å²) in [5.74, 6) is -0.138. The smallest absolute Gasteiger partial charge is 0.223 e. The number of hydrogen-bond donors (Lipinski definition) is 1. The Morgan fingerprint density at radius 3 is 2.61 bits per heavy atom. The van der Waals surface area contributed by atoms with Crippen LogP contribution in [0.2, 0.25) is 0 Å². The molecule has 0 saturated carbocycles. The van der Waals surface area contributed by atoms with Crippen molar-refractivity contribution in [1.82, 2.24) is 10.2 Å². The van der Waals surface area contributed by atoms with E-state index in [0.717, 1.165) is 38.1 Å². The second kappa shape index (κ2) is 7.86. The summed E-state index contributed by atoms with van der Waals surface area (Å²) in [5, 5.41) is 3.32. The van der Waals surface area contributed by atoms with Crippen LogP contribution in [0.25, 0.3) is 0 Å². The number of nitrogens with one attached hydrogen (secondary N) is 1. The highest BCUT2D eigenvalue weighted by Gasteiger charge is 2.26. The van der Waals surface area contributed by atoms with Crippen molar-refractivity contribution < 1.29 is 13.6 Å². The number of nitrogens with zero attached hydrogens (tertiary/aromatic N) is 1. The third-order valence-corrected chi connectivity index (χ3v) is 5.07. The number of amides is 1. The lowest BCUT2D eigenvalue weighted by Gasteiger charge is -2.31. The summed E-state index contributed by atoms with van der Waals surface area (Å²) in [6.07, 6.45) is 2.63. The summed E-state index contributed by atoms with van der Waals surface area (Å²) in [6.45, 7) is 5.84. The predicted octanol–water partition coefficient (Wildman–Crippen LogP) is 3.51. The van der Waals surface area contributed by atoms with Crippen molar-refractivity contribution in [2.75, 3.05) is 20.1 Å². The fourth-order valence-electron chi connectivity index (χ4n) is 3.26. The zero-order chi connectivity index (χ0) is 17.0. The molecule has 1 saturated heterocycles. The van der Waals surface area contributed by atoms with E-state index in [2.05, 4.69) is 12.2 Å². The Morgan fingerprint density at radius 1 is 1.30 bits per heavy atom. The Kier molecular flexibility index (Phi) is 6.10. The molecule has 23 heavy (non-hydrogen) atoms. The minimum Gasteiger partial charge on any atom is -0.339 e. The molecule has 0 radical (unpaired) electrons. The Balaban J connectivity index is 1.99. The van der Waals surface area contributed by atoms with Crippen molar-refractivity contribution in [3.05, 3.63) is 35.4 Å². The maximum absolute atomic E-state index is 13.9. The van der Waals surface area contributed by atoms with Crippen molar-refractivity contribution >= 4 is 5.91 Å². The number of halogens is 2. The lowest BCUT2D eigenvalue weighted by Crippen LogP contribution is -2.35. The topological polar surface area (TPSA) is 32.3 Å². The van der Waals surface area contributed by atoms with E-state index in [4.69, 9.17) is 0 Å². The molecule has 3 nitrogen and oxygen atoms in total. The molecule has 128 valence electrons. The molecule has 0 aliphatic carbocycles. The molecular weight excluding hydrogens is 298 g/mol. The second-order valence-electron chi connectivity index (χ2n) is 6.62. The SMILES string of the molecule is CC(CC(=O)N(C)C(C)c1cc(F)ccc1F)C1CCNCC1. The zero-order valence-corrected chi connectivity index (χ0v) is 14.1. The van der Waals surface area contributed by atoms with Gasteiger partial charge in [-0.15, -0.1) is 0 Å². The third-order valence-electron chi connectivity index (χ3n) is 5.07. The molecule has 1 aliphatic heterocycles. The van der Waals surface area contributed by atoms with Gasteiger partial charge < -0.3 is 10.2 Å². The normalized spacial score (nSPS) is 18.5. The second-order valence-corrected chi connectivity index (χ2v) is 6.62. The molecule has 1 amide bonds. The van der Waals surface area contributed by atoms with Gasteiger partial charge in [-0.25, -0.2) is 8.78 Å². The summed E-state index contributed by atoms with van der Waals surface area (Å²) >= 11 is 0. The molecule has 0 spiro atoms. The quantitative estimate of drug-likeness (QED) is 0.899. The molecule has 0 aromatic heterocycles. The number of benzene rings is 1. The predicted molar refractivity (Wildman–Crippen MR) is 86.9 cm³/mol. The molecule has 1 fully saturated rings. The molecule has 1 aromatic carbocycles. The van der Waals surface area contributed by atoms with Gasteiger partial charge >= 0.3 is 0 Å². The van der Waals surface area contributed by atoms with Crippen LogP contribution in [0, 0.1) is 23.5 Å². The van der Waals surface area contributed by atoms with E-state index in [9.17, 15) is 13.6 Å². The van der Waals surface area contributed by atoms with E-state index in [1.54, 1.807) is 14.0 Å². The number of hydrogen-bond acceptors (Lipinski definition) is 2. The van der Waals surface area contributed by atoms with E-state index in [0.29, 0.717) is 18.3 Å². The van der Waals surface area contributed by atoms with Crippen LogP contribution in [0.1, 0.15) is 44.7 Å². The summed E-state index contributed by atoms with van der Waals surface area (Å²) in [6, 6.07) is 2.88. The van der Waals surface area contributed by atoms with Gasteiger partial charge in [0.15, 0.2) is 0 Å². The lowest BCUT2D eigenvalue weighted by atomic mass is 9.84. The monoisotopic (exact) mass is 324 g/mol. The van der Waals surface area contributed by atoms with Crippen molar-refractivity contribution in [3.63, 3.8) is 0 Å². The molecule has 5 heteroatoms. The van der Waals surface area contributed by atoms with Crippen molar-refractivity contribution in [2.45, 2.75) is 39.2 Å². The van der Waals surface area contributed by atoms with Crippen LogP contribution in [-0.2, 0) is 4.79 Å². The van der Waals surface area contributed by atoms with Crippen LogP contribution in [0.4, 0.5) is 8.78 Å². The van der Waals surface area contributed by atoms with Crippen LogP contribution < -0.4 is 5.32 Å². The van der Waals surface area contributed by atoms with Gasteiger partial charge in [-0.3, -0.25) is 4.79 Å². The van der Waals surface area contributed by atoms with E-state index < -0.39 is 17.7 Å². The third kappa shape index (κ3) is 4.50. The van der Waals surface area contributed by atoms with Gasteiger partial charge in [-0.2, -0.15) is 0 Å². The van der Waals surface area contributed by atoms with E-state index in [-0.39, 0.29) is 11.5 Å². The Labute approximate surface area is 137 Å². The van der Waals surface area contributed by atoms with Crippen LogP contribution in [0.5, 0.6) is 0 Å². The maximum Gasteiger partial charge on any atom is 0.223 e. The van der Waals surface area contributed by atoms with Gasteiger partial charge in [0.2, 0.25) is 5.91 Å². The molecule has 1 heterocycles. The molecule has 1 N–H and O–H groups in total. The van der Waals surface area contributed by atoms with Crippen molar-refractivity contribution in [2.24, 2.45) is 11.8 Å². The summed E-state index contributed by atoms with van der Waals surface area (Å²) < 4.78 is 27.2. The van der Waals surface area contributed by atoms with E-state index in [1.165, 1.54) is 11.0 Å².